The number of hydrogen-bond donors (Lipinski definition) is 1. The zero-order chi connectivity index (χ0) is 14.0. The third-order valence-electron chi connectivity index (χ3n) is 4.13. The molecule has 1 N–H and O–H groups in total. The van der Waals surface area contributed by atoms with E-state index >= 15 is 0 Å². The van der Waals surface area contributed by atoms with Gasteiger partial charge in [0, 0.05) is 37.8 Å². The van der Waals surface area contributed by atoms with Gasteiger partial charge in [-0.05, 0) is 39.2 Å². The summed E-state index contributed by atoms with van der Waals surface area (Å²) in [4.78, 5) is 13.1. The molecule has 2 unspecified atom stereocenters. The largest absolute Gasteiger partial charge is 0.481 e. The van der Waals surface area contributed by atoms with E-state index in [1.807, 2.05) is 18.7 Å². The number of aromatic nitrogens is 2. The molecule has 2 rings (SSSR count). The zero-order valence-corrected chi connectivity index (χ0v) is 12.0. The summed E-state index contributed by atoms with van der Waals surface area (Å²) in [6.07, 6.45) is 4.28. The number of likely N-dealkylation sites (tertiary alicyclic amines) is 1. The van der Waals surface area contributed by atoms with Crippen LogP contribution in [-0.4, -0.2) is 38.8 Å². The fourth-order valence-corrected chi connectivity index (χ4v) is 3.00. The highest BCUT2D eigenvalue weighted by Crippen LogP contribution is 2.30. The Bertz CT molecular complexity index is 456. The van der Waals surface area contributed by atoms with E-state index in [-0.39, 0.29) is 0 Å². The molecule has 0 aliphatic carbocycles. The van der Waals surface area contributed by atoms with Crippen LogP contribution in [0.15, 0.2) is 6.20 Å². The Morgan fingerprint density at radius 3 is 2.95 bits per heavy atom. The van der Waals surface area contributed by atoms with Crippen LogP contribution in [0.25, 0.3) is 0 Å². The summed E-state index contributed by atoms with van der Waals surface area (Å²) in [5, 5.41) is 13.1. The molecule has 1 aromatic heterocycles. The van der Waals surface area contributed by atoms with Crippen molar-refractivity contribution in [3.05, 3.63) is 17.5 Å². The molecule has 1 aliphatic rings. The number of aliphatic carboxylic acids is 1. The van der Waals surface area contributed by atoms with Crippen molar-refractivity contribution >= 4 is 5.97 Å². The molecular formula is C14H23N3O2. The summed E-state index contributed by atoms with van der Waals surface area (Å²) >= 11 is 0. The zero-order valence-electron chi connectivity index (χ0n) is 12.0. The van der Waals surface area contributed by atoms with Crippen LogP contribution in [-0.2, 0) is 11.8 Å². The Morgan fingerprint density at radius 2 is 2.37 bits per heavy atom. The second kappa shape index (κ2) is 5.74. The minimum absolute atomic E-state index is 0.290. The lowest BCUT2D eigenvalue weighted by molar-refractivity contribution is -0.137. The summed E-state index contributed by atoms with van der Waals surface area (Å²) in [7, 11) is 1.95. The van der Waals surface area contributed by atoms with Crippen LogP contribution < -0.4 is 0 Å². The molecule has 1 aliphatic heterocycles. The predicted molar refractivity (Wildman–Crippen MR) is 72.9 cm³/mol. The Balaban J connectivity index is 1.93. The second-order valence-corrected chi connectivity index (χ2v) is 5.60. The molecule has 1 saturated heterocycles. The molecule has 2 atom stereocenters. The molecule has 0 spiro atoms. The third kappa shape index (κ3) is 3.35. The maximum absolute atomic E-state index is 10.6. The van der Waals surface area contributed by atoms with Crippen LogP contribution >= 0.6 is 0 Å². The van der Waals surface area contributed by atoms with E-state index in [1.165, 1.54) is 5.56 Å². The van der Waals surface area contributed by atoms with Crippen molar-refractivity contribution in [2.45, 2.75) is 39.2 Å². The van der Waals surface area contributed by atoms with Crippen molar-refractivity contribution in [1.82, 2.24) is 14.7 Å². The molecule has 1 fully saturated rings. The lowest BCUT2D eigenvalue weighted by Gasteiger charge is -2.24. The molecule has 19 heavy (non-hydrogen) atoms. The van der Waals surface area contributed by atoms with Crippen molar-refractivity contribution in [2.75, 3.05) is 13.1 Å². The molecule has 1 aromatic rings. The molecular weight excluding hydrogens is 242 g/mol. The summed E-state index contributed by atoms with van der Waals surface area (Å²) in [6, 6.07) is 0.364. The van der Waals surface area contributed by atoms with Crippen molar-refractivity contribution < 1.29 is 9.90 Å². The highest BCUT2D eigenvalue weighted by molar-refractivity contribution is 5.66. The topological polar surface area (TPSA) is 58.4 Å². The first-order valence-electron chi connectivity index (χ1n) is 6.93. The van der Waals surface area contributed by atoms with Gasteiger partial charge in [0.2, 0.25) is 0 Å². The highest BCUT2D eigenvalue weighted by Gasteiger charge is 2.28. The maximum atomic E-state index is 10.6. The molecule has 5 nitrogen and oxygen atoms in total. The summed E-state index contributed by atoms with van der Waals surface area (Å²) in [5.74, 6) is -0.162. The minimum atomic E-state index is -0.686. The summed E-state index contributed by atoms with van der Waals surface area (Å²) < 4.78 is 1.86. The van der Waals surface area contributed by atoms with Crippen molar-refractivity contribution in [1.29, 1.82) is 0 Å². The number of carboxylic acid groups (broad SMARTS) is 1. The highest BCUT2D eigenvalue weighted by atomic mass is 16.4. The number of carbonyl (C=O) groups is 1. The second-order valence-electron chi connectivity index (χ2n) is 5.60. The van der Waals surface area contributed by atoms with Gasteiger partial charge < -0.3 is 5.11 Å². The molecule has 106 valence electrons. The fourth-order valence-electron chi connectivity index (χ4n) is 3.00. The van der Waals surface area contributed by atoms with E-state index in [2.05, 4.69) is 23.1 Å². The molecule has 0 radical (unpaired) electrons. The van der Waals surface area contributed by atoms with Crippen molar-refractivity contribution in [2.24, 2.45) is 13.0 Å². The van der Waals surface area contributed by atoms with Gasteiger partial charge in [-0.15, -0.1) is 0 Å². The van der Waals surface area contributed by atoms with E-state index in [0.717, 1.165) is 31.6 Å². The SMILES string of the molecule is Cc1nn(C)cc1C(C)N1CCC(CCC(=O)O)C1. The standard InChI is InChI=1S/C14H23N3O2/c1-10-13(9-16(3)15-10)11(2)17-7-6-12(8-17)4-5-14(18)19/h9,11-12H,4-8H2,1-3H3,(H,18,19). The van der Waals surface area contributed by atoms with Gasteiger partial charge in [0.15, 0.2) is 0 Å². The van der Waals surface area contributed by atoms with E-state index < -0.39 is 5.97 Å². The average molecular weight is 265 g/mol. The fraction of sp³-hybridized carbons (Fsp3) is 0.714. The van der Waals surface area contributed by atoms with Crippen LogP contribution in [0.1, 0.15) is 43.5 Å². The maximum Gasteiger partial charge on any atom is 0.303 e. The molecule has 0 saturated carbocycles. The normalized spacial score (nSPS) is 21.7. The van der Waals surface area contributed by atoms with Crippen LogP contribution in [0.2, 0.25) is 0 Å². The Hall–Kier alpha value is -1.36. The Kier molecular flexibility index (Phi) is 4.24. The van der Waals surface area contributed by atoms with E-state index in [9.17, 15) is 4.79 Å². The van der Waals surface area contributed by atoms with Crippen LogP contribution in [0.3, 0.4) is 0 Å². The number of nitrogens with zero attached hydrogens (tertiary/aromatic N) is 3. The van der Waals surface area contributed by atoms with E-state index in [0.29, 0.717) is 18.4 Å². The first kappa shape index (κ1) is 14.1. The van der Waals surface area contributed by atoms with Gasteiger partial charge in [0.1, 0.15) is 0 Å². The number of hydrogen-bond acceptors (Lipinski definition) is 3. The van der Waals surface area contributed by atoms with E-state index in [4.69, 9.17) is 5.11 Å². The van der Waals surface area contributed by atoms with Gasteiger partial charge in [-0.3, -0.25) is 14.4 Å². The minimum Gasteiger partial charge on any atom is -0.481 e. The van der Waals surface area contributed by atoms with Gasteiger partial charge in [-0.2, -0.15) is 5.10 Å². The number of rotatable bonds is 5. The van der Waals surface area contributed by atoms with Gasteiger partial charge in [-0.1, -0.05) is 0 Å². The Morgan fingerprint density at radius 1 is 1.63 bits per heavy atom. The lowest BCUT2D eigenvalue weighted by atomic mass is 10.0. The third-order valence-corrected chi connectivity index (χ3v) is 4.13. The smallest absolute Gasteiger partial charge is 0.303 e. The van der Waals surface area contributed by atoms with Gasteiger partial charge in [0.25, 0.3) is 0 Å². The van der Waals surface area contributed by atoms with Crippen LogP contribution in [0.5, 0.6) is 0 Å². The number of aryl methyl sites for hydroxylation is 2. The molecule has 2 heterocycles. The van der Waals surface area contributed by atoms with Crippen LogP contribution in [0, 0.1) is 12.8 Å². The number of carboxylic acids is 1. The van der Waals surface area contributed by atoms with Crippen molar-refractivity contribution in [3.8, 4) is 0 Å². The lowest BCUT2D eigenvalue weighted by Crippen LogP contribution is -2.24. The summed E-state index contributed by atoms with van der Waals surface area (Å²) in [5.41, 5.74) is 2.37. The van der Waals surface area contributed by atoms with Crippen molar-refractivity contribution in [3.63, 3.8) is 0 Å². The first-order valence-corrected chi connectivity index (χ1v) is 6.93. The summed E-state index contributed by atoms with van der Waals surface area (Å²) in [6.45, 7) is 6.32. The molecule has 0 amide bonds. The first-order chi connectivity index (χ1) is 8.97. The average Bonchev–Trinajstić information content (AvgIpc) is 2.92. The quantitative estimate of drug-likeness (QED) is 0.884. The van der Waals surface area contributed by atoms with Gasteiger partial charge in [-0.25, -0.2) is 0 Å². The van der Waals surface area contributed by atoms with Gasteiger partial charge in [0.05, 0.1) is 5.69 Å². The molecule has 5 heteroatoms. The molecule has 0 aromatic carbocycles. The monoisotopic (exact) mass is 265 g/mol. The Labute approximate surface area is 114 Å². The molecule has 0 bridgehead atoms. The van der Waals surface area contributed by atoms with E-state index in [1.54, 1.807) is 0 Å². The van der Waals surface area contributed by atoms with Gasteiger partial charge >= 0.3 is 5.97 Å². The van der Waals surface area contributed by atoms with Crippen LogP contribution in [0.4, 0.5) is 0 Å². The predicted octanol–water partition coefficient (Wildman–Crippen LogP) is 1.98.